The van der Waals surface area contributed by atoms with Crippen molar-refractivity contribution in [2.45, 2.75) is 51.0 Å². The monoisotopic (exact) mass is 243 g/mol. The molecule has 0 aliphatic heterocycles. The van der Waals surface area contributed by atoms with Crippen LogP contribution in [0.3, 0.4) is 0 Å². The molecule has 2 saturated carbocycles. The summed E-state index contributed by atoms with van der Waals surface area (Å²) in [6.07, 6.45) is 7.22. The summed E-state index contributed by atoms with van der Waals surface area (Å²) in [7, 11) is 0. The van der Waals surface area contributed by atoms with Crippen molar-refractivity contribution in [2.24, 2.45) is 11.8 Å². The van der Waals surface area contributed by atoms with E-state index < -0.39 is 0 Å². The summed E-state index contributed by atoms with van der Waals surface area (Å²) in [6.45, 7) is 3.38. The predicted octanol–water partition coefficient (Wildman–Crippen LogP) is 3.96. The van der Waals surface area contributed by atoms with Gasteiger partial charge in [-0.25, -0.2) is 0 Å². The number of hydrogen-bond acceptors (Lipinski definition) is 1. The average molecular weight is 243 g/mol. The van der Waals surface area contributed by atoms with Crippen molar-refractivity contribution in [2.75, 3.05) is 6.54 Å². The van der Waals surface area contributed by atoms with E-state index in [-0.39, 0.29) is 0 Å². The van der Waals surface area contributed by atoms with Crippen molar-refractivity contribution < 1.29 is 0 Å². The average Bonchev–Trinajstić information content (AvgIpc) is 3.02. The third-order valence-corrected chi connectivity index (χ3v) is 4.88. The standard InChI is InChI=1S/C17H25N/c1-2-18-17(14-10-6-7-11-14)16-12-15(16)13-8-4-3-5-9-13/h3-5,8-9,14-18H,2,6-7,10-12H2,1H3. The third kappa shape index (κ3) is 2.47. The maximum atomic E-state index is 3.79. The summed E-state index contributed by atoms with van der Waals surface area (Å²) in [4.78, 5) is 0. The Kier molecular flexibility index (Phi) is 3.69. The first-order valence-corrected chi connectivity index (χ1v) is 7.68. The van der Waals surface area contributed by atoms with Crippen LogP contribution in [0, 0.1) is 11.8 Å². The van der Waals surface area contributed by atoms with Gasteiger partial charge in [0.2, 0.25) is 0 Å². The van der Waals surface area contributed by atoms with E-state index in [1.165, 1.54) is 32.1 Å². The van der Waals surface area contributed by atoms with Gasteiger partial charge >= 0.3 is 0 Å². The first-order valence-electron chi connectivity index (χ1n) is 7.68. The normalized spacial score (nSPS) is 29.4. The molecular weight excluding hydrogens is 218 g/mol. The maximum Gasteiger partial charge on any atom is 0.0129 e. The van der Waals surface area contributed by atoms with Crippen LogP contribution in [0.5, 0.6) is 0 Å². The Balaban J connectivity index is 1.66. The molecule has 98 valence electrons. The quantitative estimate of drug-likeness (QED) is 0.825. The molecule has 0 aromatic heterocycles. The summed E-state index contributed by atoms with van der Waals surface area (Å²) in [6, 6.07) is 11.9. The Morgan fingerprint density at radius 1 is 1.17 bits per heavy atom. The zero-order valence-corrected chi connectivity index (χ0v) is 11.4. The smallest absolute Gasteiger partial charge is 0.0129 e. The fraction of sp³-hybridized carbons (Fsp3) is 0.647. The van der Waals surface area contributed by atoms with Gasteiger partial charge in [0.15, 0.2) is 0 Å². The van der Waals surface area contributed by atoms with Crippen LogP contribution in [0.4, 0.5) is 0 Å². The maximum absolute atomic E-state index is 3.79. The summed E-state index contributed by atoms with van der Waals surface area (Å²) < 4.78 is 0. The lowest BCUT2D eigenvalue weighted by atomic mass is 9.92. The van der Waals surface area contributed by atoms with Gasteiger partial charge in [0.25, 0.3) is 0 Å². The number of rotatable bonds is 5. The molecule has 2 aliphatic rings. The minimum atomic E-state index is 0.780. The molecule has 0 saturated heterocycles. The van der Waals surface area contributed by atoms with Crippen LogP contribution in [-0.4, -0.2) is 12.6 Å². The van der Waals surface area contributed by atoms with E-state index in [0.29, 0.717) is 0 Å². The summed E-state index contributed by atoms with van der Waals surface area (Å²) in [5.41, 5.74) is 1.56. The highest BCUT2D eigenvalue weighted by molar-refractivity contribution is 5.27. The Hall–Kier alpha value is -0.820. The van der Waals surface area contributed by atoms with Crippen molar-refractivity contribution in [1.82, 2.24) is 5.32 Å². The lowest BCUT2D eigenvalue weighted by molar-refractivity contribution is 0.326. The summed E-state index contributed by atoms with van der Waals surface area (Å²) in [5, 5.41) is 3.79. The van der Waals surface area contributed by atoms with Crippen LogP contribution >= 0.6 is 0 Å². The van der Waals surface area contributed by atoms with Crippen molar-refractivity contribution in [1.29, 1.82) is 0 Å². The minimum Gasteiger partial charge on any atom is -0.314 e. The second-order valence-electron chi connectivity index (χ2n) is 6.04. The molecule has 0 heterocycles. The van der Waals surface area contributed by atoms with Crippen molar-refractivity contribution >= 4 is 0 Å². The van der Waals surface area contributed by atoms with Crippen LogP contribution in [-0.2, 0) is 0 Å². The second-order valence-corrected chi connectivity index (χ2v) is 6.04. The highest BCUT2D eigenvalue weighted by atomic mass is 14.9. The van der Waals surface area contributed by atoms with Gasteiger partial charge in [-0.05, 0) is 49.1 Å². The van der Waals surface area contributed by atoms with Crippen LogP contribution in [0.15, 0.2) is 30.3 Å². The molecule has 0 radical (unpaired) electrons. The molecule has 1 aromatic rings. The lowest BCUT2D eigenvalue weighted by Crippen LogP contribution is -2.37. The Bertz CT molecular complexity index is 366. The van der Waals surface area contributed by atoms with Gasteiger partial charge in [-0.3, -0.25) is 0 Å². The zero-order valence-electron chi connectivity index (χ0n) is 11.4. The van der Waals surface area contributed by atoms with Gasteiger partial charge in [-0.1, -0.05) is 50.1 Å². The highest BCUT2D eigenvalue weighted by Gasteiger charge is 2.46. The highest BCUT2D eigenvalue weighted by Crippen LogP contribution is 2.52. The van der Waals surface area contributed by atoms with Crippen molar-refractivity contribution in [3.8, 4) is 0 Å². The predicted molar refractivity (Wildman–Crippen MR) is 76.7 cm³/mol. The molecule has 2 fully saturated rings. The summed E-state index contributed by atoms with van der Waals surface area (Å²) in [5.74, 6) is 2.68. The van der Waals surface area contributed by atoms with Crippen molar-refractivity contribution in [3.05, 3.63) is 35.9 Å². The molecule has 3 atom stereocenters. The third-order valence-electron chi connectivity index (χ3n) is 4.88. The minimum absolute atomic E-state index is 0.780. The molecule has 1 aromatic carbocycles. The molecule has 1 N–H and O–H groups in total. The fourth-order valence-corrected chi connectivity index (χ4v) is 3.91. The largest absolute Gasteiger partial charge is 0.314 e. The zero-order chi connectivity index (χ0) is 12.4. The van der Waals surface area contributed by atoms with E-state index in [0.717, 1.165) is 30.3 Å². The molecule has 2 aliphatic carbocycles. The fourth-order valence-electron chi connectivity index (χ4n) is 3.91. The Morgan fingerprint density at radius 3 is 2.56 bits per heavy atom. The van der Waals surface area contributed by atoms with Gasteiger partial charge < -0.3 is 5.32 Å². The first-order chi connectivity index (χ1) is 8.90. The topological polar surface area (TPSA) is 12.0 Å². The second kappa shape index (κ2) is 5.44. The van der Waals surface area contributed by atoms with E-state index in [1.54, 1.807) is 5.56 Å². The van der Waals surface area contributed by atoms with Crippen LogP contribution in [0.2, 0.25) is 0 Å². The van der Waals surface area contributed by atoms with E-state index >= 15 is 0 Å². The molecule has 0 bridgehead atoms. The van der Waals surface area contributed by atoms with Gasteiger partial charge in [-0.15, -0.1) is 0 Å². The van der Waals surface area contributed by atoms with E-state index in [9.17, 15) is 0 Å². The molecule has 1 heteroatoms. The summed E-state index contributed by atoms with van der Waals surface area (Å²) >= 11 is 0. The number of hydrogen-bond donors (Lipinski definition) is 1. The molecule has 1 nitrogen and oxygen atoms in total. The number of nitrogens with one attached hydrogen (secondary N) is 1. The van der Waals surface area contributed by atoms with Crippen molar-refractivity contribution in [3.63, 3.8) is 0 Å². The molecule has 18 heavy (non-hydrogen) atoms. The lowest BCUT2D eigenvalue weighted by Gasteiger charge is -2.24. The Morgan fingerprint density at radius 2 is 1.89 bits per heavy atom. The molecule has 3 unspecified atom stereocenters. The molecule has 0 spiro atoms. The first kappa shape index (κ1) is 12.2. The van der Waals surface area contributed by atoms with Gasteiger partial charge in [-0.2, -0.15) is 0 Å². The molecule has 0 amide bonds. The van der Waals surface area contributed by atoms with E-state index in [4.69, 9.17) is 0 Å². The van der Waals surface area contributed by atoms with Crippen LogP contribution < -0.4 is 5.32 Å². The van der Waals surface area contributed by atoms with Crippen LogP contribution in [0.1, 0.15) is 50.5 Å². The number of benzene rings is 1. The van der Waals surface area contributed by atoms with E-state index in [2.05, 4.69) is 42.6 Å². The van der Waals surface area contributed by atoms with Crippen LogP contribution in [0.25, 0.3) is 0 Å². The molecular formula is C17H25N. The SMILES string of the molecule is CCNC(C1CCCC1)C1CC1c1ccccc1. The Labute approximate surface area is 111 Å². The van der Waals surface area contributed by atoms with Gasteiger partial charge in [0.05, 0.1) is 0 Å². The van der Waals surface area contributed by atoms with Gasteiger partial charge in [0, 0.05) is 6.04 Å². The molecule has 3 rings (SSSR count). The van der Waals surface area contributed by atoms with Gasteiger partial charge in [0.1, 0.15) is 0 Å². The van der Waals surface area contributed by atoms with E-state index in [1.807, 2.05) is 0 Å².